The first-order valence-electron chi connectivity index (χ1n) is 2.62. The second-order valence-corrected chi connectivity index (χ2v) is 2.10. The molecular weight excluding hydrogens is 187 g/mol. The molecule has 1 aromatic rings. The minimum atomic E-state index is -0.567. The Morgan fingerprint density at radius 1 is 1.55 bits per heavy atom. The summed E-state index contributed by atoms with van der Waals surface area (Å²) in [6.07, 6.45) is 0. The monoisotopic (exact) mass is 192 g/mol. The summed E-state index contributed by atoms with van der Waals surface area (Å²) in [6, 6.07) is 4.71. The van der Waals surface area contributed by atoms with Gasteiger partial charge in [0.1, 0.15) is 10.8 Å². The number of hydrogen-bond donors (Lipinski definition) is 1. The molecule has 0 unspecified atom stereocenters. The van der Waals surface area contributed by atoms with Crippen molar-refractivity contribution >= 4 is 29.9 Å². The first-order chi connectivity index (χ1) is 4.70. The third-order valence-corrected chi connectivity index (χ3v) is 1.18. The first kappa shape index (κ1) is 10.2. The largest absolute Gasteiger partial charge is 0.364 e. The SMILES string of the molecule is Cl.NC(=O)c1cccc(Cl)n1. The van der Waals surface area contributed by atoms with Gasteiger partial charge in [-0.1, -0.05) is 17.7 Å². The van der Waals surface area contributed by atoms with E-state index in [9.17, 15) is 4.79 Å². The van der Waals surface area contributed by atoms with Gasteiger partial charge < -0.3 is 5.73 Å². The normalized spacial score (nSPS) is 8.45. The second-order valence-electron chi connectivity index (χ2n) is 1.71. The number of aromatic nitrogens is 1. The van der Waals surface area contributed by atoms with Crippen molar-refractivity contribution in [2.45, 2.75) is 0 Å². The summed E-state index contributed by atoms with van der Waals surface area (Å²) in [4.78, 5) is 14.1. The number of primary amides is 1. The zero-order valence-electron chi connectivity index (χ0n) is 5.45. The number of pyridine rings is 1. The van der Waals surface area contributed by atoms with Crippen LogP contribution in [0.5, 0.6) is 0 Å². The lowest BCUT2D eigenvalue weighted by Crippen LogP contribution is -2.12. The highest BCUT2D eigenvalue weighted by Crippen LogP contribution is 2.03. The van der Waals surface area contributed by atoms with Gasteiger partial charge in [-0.2, -0.15) is 0 Å². The fourth-order valence-corrected chi connectivity index (χ4v) is 0.709. The number of carbonyl (C=O) groups excluding carboxylic acids is 1. The Bertz CT molecular complexity index is 265. The Morgan fingerprint density at radius 2 is 2.18 bits per heavy atom. The molecule has 0 bridgehead atoms. The van der Waals surface area contributed by atoms with E-state index in [2.05, 4.69) is 4.98 Å². The van der Waals surface area contributed by atoms with Gasteiger partial charge in [-0.3, -0.25) is 4.79 Å². The second kappa shape index (κ2) is 4.16. The summed E-state index contributed by atoms with van der Waals surface area (Å²) in [5.74, 6) is -0.567. The van der Waals surface area contributed by atoms with E-state index in [0.29, 0.717) is 0 Å². The molecule has 0 aliphatic rings. The van der Waals surface area contributed by atoms with Gasteiger partial charge in [0.05, 0.1) is 0 Å². The minimum absolute atomic E-state index is 0. The average Bonchev–Trinajstić information content (AvgIpc) is 1.88. The quantitative estimate of drug-likeness (QED) is 0.682. The number of halogens is 2. The van der Waals surface area contributed by atoms with Crippen LogP contribution in [0.2, 0.25) is 5.15 Å². The van der Waals surface area contributed by atoms with Crippen molar-refractivity contribution in [2.75, 3.05) is 0 Å². The molecule has 11 heavy (non-hydrogen) atoms. The third-order valence-electron chi connectivity index (χ3n) is 0.968. The molecule has 1 amide bonds. The molecule has 0 saturated carbocycles. The summed E-state index contributed by atoms with van der Waals surface area (Å²) in [5.41, 5.74) is 5.11. The summed E-state index contributed by atoms with van der Waals surface area (Å²) in [7, 11) is 0. The average molecular weight is 193 g/mol. The van der Waals surface area contributed by atoms with E-state index in [1.807, 2.05) is 0 Å². The molecule has 0 aliphatic heterocycles. The lowest BCUT2D eigenvalue weighted by atomic mass is 10.3. The van der Waals surface area contributed by atoms with Gasteiger partial charge in [0.2, 0.25) is 0 Å². The predicted molar refractivity (Wildman–Crippen MR) is 45.0 cm³/mol. The standard InChI is InChI=1S/C6H5ClN2O.ClH/c7-5-3-1-2-4(9-5)6(8)10;/h1-3H,(H2,8,10);1H. The molecule has 3 nitrogen and oxygen atoms in total. The Balaban J connectivity index is 0.000001000. The van der Waals surface area contributed by atoms with Crippen LogP contribution in [-0.4, -0.2) is 10.9 Å². The maximum Gasteiger partial charge on any atom is 0.267 e. The highest BCUT2D eigenvalue weighted by Gasteiger charge is 1.99. The number of hydrogen-bond acceptors (Lipinski definition) is 2. The van der Waals surface area contributed by atoms with Crippen LogP contribution in [0, 0.1) is 0 Å². The highest BCUT2D eigenvalue weighted by molar-refractivity contribution is 6.29. The van der Waals surface area contributed by atoms with Crippen molar-refractivity contribution in [1.29, 1.82) is 0 Å². The van der Waals surface area contributed by atoms with Gasteiger partial charge in [-0.15, -0.1) is 12.4 Å². The smallest absolute Gasteiger partial charge is 0.267 e. The Labute approximate surface area is 75.0 Å². The van der Waals surface area contributed by atoms with E-state index in [0.717, 1.165) is 0 Å². The lowest BCUT2D eigenvalue weighted by molar-refractivity contribution is 0.0995. The summed E-state index contributed by atoms with van der Waals surface area (Å²) >= 11 is 5.47. The van der Waals surface area contributed by atoms with Gasteiger partial charge in [-0.05, 0) is 12.1 Å². The van der Waals surface area contributed by atoms with Crippen molar-refractivity contribution in [2.24, 2.45) is 5.73 Å². The summed E-state index contributed by atoms with van der Waals surface area (Å²) in [6.45, 7) is 0. The molecule has 0 aromatic carbocycles. The van der Waals surface area contributed by atoms with Crippen LogP contribution in [0.4, 0.5) is 0 Å². The fraction of sp³-hybridized carbons (Fsp3) is 0. The lowest BCUT2D eigenvalue weighted by Gasteiger charge is -1.92. The zero-order valence-corrected chi connectivity index (χ0v) is 7.02. The zero-order chi connectivity index (χ0) is 7.56. The van der Waals surface area contributed by atoms with Crippen molar-refractivity contribution < 1.29 is 4.79 Å². The molecule has 0 radical (unpaired) electrons. The first-order valence-corrected chi connectivity index (χ1v) is 3.00. The molecule has 1 rings (SSSR count). The summed E-state index contributed by atoms with van der Waals surface area (Å²) in [5, 5.41) is 0.274. The van der Waals surface area contributed by atoms with Gasteiger partial charge in [0.25, 0.3) is 5.91 Å². The summed E-state index contributed by atoms with van der Waals surface area (Å²) < 4.78 is 0. The molecule has 5 heteroatoms. The number of rotatable bonds is 1. The Hall–Kier alpha value is -0.800. The Morgan fingerprint density at radius 3 is 2.55 bits per heavy atom. The predicted octanol–water partition coefficient (Wildman–Crippen LogP) is 1.26. The van der Waals surface area contributed by atoms with Crippen LogP contribution in [0.15, 0.2) is 18.2 Å². The van der Waals surface area contributed by atoms with Crippen molar-refractivity contribution in [3.63, 3.8) is 0 Å². The maximum absolute atomic E-state index is 10.5. The van der Waals surface area contributed by atoms with Crippen LogP contribution in [0.25, 0.3) is 0 Å². The molecule has 0 fully saturated rings. The number of amides is 1. The molecule has 0 spiro atoms. The molecule has 0 saturated heterocycles. The number of carbonyl (C=O) groups is 1. The molecular formula is C6H6Cl2N2O. The number of nitrogens with zero attached hydrogens (tertiary/aromatic N) is 1. The van der Waals surface area contributed by atoms with E-state index in [4.69, 9.17) is 17.3 Å². The van der Waals surface area contributed by atoms with E-state index < -0.39 is 5.91 Å². The highest BCUT2D eigenvalue weighted by atomic mass is 35.5. The van der Waals surface area contributed by atoms with Crippen molar-refractivity contribution in [1.82, 2.24) is 4.98 Å². The number of nitrogens with two attached hydrogens (primary N) is 1. The molecule has 0 atom stereocenters. The van der Waals surface area contributed by atoms with Crippen LogP contribution < -0.4 is 5.73 Å². The molecule has 0 aliphatic carbocycles. The van der Waals surface area contributed by atoms with Crippen LogP contribution in [0.1, 0.15) is 10.5 Å². The molecule has 1 aromatic heterocycles. The third kappa shape index (κ3) is 2.74. The minimum Gasteiger partial charge on any atom is -0.364 e. The van der Waals surface area contributed by atoms with Gasteiger partial charge in [0, 0.05) is 0 Å². The van der Waals surface area contributed by atoms with E-state index in [-0.39, 0.29) is 23.3 Å². The molecule has 1 heterocycles. The maximum atomic E-state index is 10.5. The fourth-order valence-electron chi connectivity index (χ4n) is 0.545. The van der Waals surface area contributed by atoms with Crippen LogP contribution in [-0.2, 0) is 0 Å². The van der Waals surface area contributed by atoms with Crippen molar-refractivity contribution in [3.8, 4) is 0 Å². The van der Waals surface area contributed by atoms with Gasteiger partial charge in [-0.25, -0.2) is 4.98 Å². The topological polar surface area (TPSA) is 56.0 Å². The van der Waals surface area contributed by atoms with E-state index in [1.165, 1.54) is 6.07 Å². The molecule has 2 N–H and O–H groups in total. The van der Waals surface area contributed by atoms with E-state index >= 15 is 0 Å². The van der Waals surface area contributed by atoms with Gasteiger partial charge >= 0.3 is 0 Å². The van der Waals surface area contributed by atoms with Gasteiger partial charge in [0.15, 0.2) is 0 Å². The van der Waals surface area contributed by atoms with Crippen molar-refractivity contribution in [3.05, 3.63) is 29.0 Å². The molecule has 60 valence electrons. The Kier molecular flexibility index (Phi) is 3.85. The van der Waals surface area contributed by atoms with Crippen LogP contribution in [0.3, 0.4) is 0 Å². The van der Waals surface area contributed by atoms with Crippen LogP contribution >= 0.6 is 24.0 Å². The van der Waals surface area contributed by atoms with E-state index in [1.54, 1.807) is 12.1 Å².